The SMILES string of the molecule is Cc1cc(C(=O)NC(CCCc2ccccc2)c2ccccc2)nn1C. The summed E-state index contributed by atoms with van der Waals surface area (Å²) in [5, 5.41) is 7.45. The van der Waals surface area contributed by atoms with Gasteiger partial charge in [-0.05, 0) is 43.4 Å². The van der Waals surface area contributed by atoms with E-state index in [4.69, 9.17) is 0 Å². The lowest BCUT2D eigenvalue weighted by Crippen LogP contribution is -2.29. The van der Waals surface area contributed by atoms with Crippen molar-refractivity contribution in [1.29, 1.82) is 0 Å². The van der Waals surface area contributed by atoms with Gasteiger partial charge < -0.3 is 5.32 Å². The number of carbonyl (C=O) groups is 1. The molecule has 4 nitrogen and oxygen atoms in total. The molecule has 1 atom stereocenters. The van der Waals surface area contributed by atoms with Crippen molar-refractivity contribution < 1.29 is 4.79 Å². The quantitative estimate of drug-likeness (QED) is 0.695. The van der Waals surface area contributed by atoms with E-state index in [1.165, 1.54) is 5.56 Å². The zero-order chi connectivity index (χ0) is 18.4. The summed E-state index contributed by atoms with van der Waals surface area (Å²) in [5.41, 5.74) is 3.89. The molecule has 134 valence electrons. The van der Waals surface area contributed by atoms with Crippen molar-refractivity contribution in [2.24, 2.45) is 7.05 Å². The second kappa shape index (κ2) is 8.48. The zero-order valence-corrected chi connectivity index (χ0v) is 15.4. The van der Waals surface area contributed by atoms with Gasteiger partial charge in [0.1, 0.15) is 5.69 Å². The Morgan fingerprint density at radius 2 is 1.73 bits per heavy atom. The number of hydrogen-bond acceptors (Lipinski definition) is 2. The Morgan fingerprint density at radius 3 is 2.35 bits per heavy atom. The molecule has 3 aromatic rings. The molecule has 1 unspecified atom stereocenters. The molecule has 0 aliphatic heterocycles. The van der Waals surface area contributed by atoms with Crippen LogP contribution >= 0.6 is 0 Å². The number of aromatic nitrogens is 2. The van der Waals surface area contributed by atoms with Gasteiger partial charge in [0.25, 0.3) is 5.91 Å². The number of rotatable bonds is 7. The molecule has 1 amide bonds. The van der Waals surface area contributed by atoms with E-state index in [1.807, 2.05) is 44.3 Å². The molecule has 0 aliphatic rings. The summed E-state index contributed by atoms with van der Waals surface area (Å²) in [6.07, 6.45) is 2.89. The molecule has 4 heteroatoms. The van der Waals surface area contributed by atoms with Gasteiger partial charge in [-0.15, -0.1) is 0 Å². The molecule has 3 rings (SSSR count). The van der Waals surface area contributed by atoms with Crippen LogP contribution in [0.15, 0.2) is 66.7 Å². The highest BCUT2D eigenvalue weighted by Gasteiger charge is 2.18. The third-order valence-corrected chi connectivity index (χ3v) is 4.65. The highest BCUT2D eigenvalue weighted by Crippen LogP contribution is 2.20. The molecule has 1 heterocycles. The van der Waals surface area contributed by atoms with Gasteiger partial charge in [-0.2, -0.15) is 5.10 Å². The van der Waals surface area contributed by atoms with Crippen LogP contribution in [0.3, 0.4) is 0 Å². The smallest absolute Gasteiger partial charge is 0.272 e. The Balaban J connectivity index is 1.68. The number of hydrogen-bond donors (Lipinski definition) is 1. The van der Waals surface area contributed by atoms with Gasteiger partial charge >= 0.3 is 0 Å². The summed E-state index contributed by atoms with van der Waals surface area (Å²) < 4.78 is 1.72. The van der Waals surface area contributed by atoms with Gasteiger partial charge in [-0.3, -0.25) is 9.48 Å². The average Bonchev–Trinajstić information content (AvgIpc) is 3.01. The summed E-state index contributed by atoms with van der Waals surface area (Å²) in [6, 6.07) is 22.4. The van der Waals surface area contributed by atoms with Crippen LogP contribution in [-0.2, 0) is 13.5 Å². The van der Waals surface area contributed by atoms with Crippen LogP contribution in [0.25, 0.3) is 0 Å². The van der Waals surface area contributed by atoms with Gasteiger partial charge in [0.2, 0.25) is 0 Å². The van der Waals surface area contributed by atoms with Crippen molar-refractivity contribution in [3.63, 3.8) is 0 Å². The molecule has 1 aromatic heterocycles. The zero-order valence-electron chi connectivity index (χ0n) is 15.4. The van der Waals surface area contributed by atoms with Crippen LogP contribution in [0.2, 0.25) is 0 Å². The second-order valence-electron chi connectivity index (χ2n) is 6.61. The van der Waals surface area contributed by atoms with Crippen LogP contribution in [0.4, 0.5) is 0 Å². The molecule has 1 N–H and O–H groups in total. The summed E-state index contributed by atoms with van der Waals surface area (Å²) in [6.45, 7) is 1.94. The predicted octanol–water partition coefficient (Wildman–Crippen LogP) is 4.22. The summed E-state index contributed by atoms with van der Waals surface area (Å²) in [7, 11) is 1.85. The van der Waals surface area contributed by atoms with Crippen LogP contribution in [-0.4, -0.2) is 15.7 Å². The van der Waals surface area contributed by atoms with Crippen molar-refractivity contribution in [3.8, 4) is 0 Å². The Labute approximate surface area is 154 Å². The van der Waals surface area contributed by atoms with Crippen LogP contribution in [0.1, 0.15) is 46.2 Å². The Bertz CT molecular complexity index is 821. The van der Waals surface area contributed by atoms with Crippen molar-refractivity contribution >= 4 is 5.91 Å². The fourth-order valence-electron chi connectivity index (χ4n) is 3.07. The van der Waals surface area contributed by atoms with E-state index < -0.39 is 0 Å². The monoisotopic (exact) mass is 347 g/mol. The molecule has 26 heavy (non-hydrogen) atoms. The minimum absolute atomic E-state index is 0.0188. The highest BCUT2D eigenvalue weighted by molar-refractivity contribution is 5.92. The number of nitrogens with zero attached hydrogens (tertiary/aromatic N) is 2. The predicted molar refractivity (Wildman–Crippen MR) is 104 cm³/mol. The van der Waals surface area contributed by atoms with Gasteiger partial charge in [0.15, 0.2) is 0 Å². The van der Waals surface area contributed by atoms with Gasteiger partial charge in [0.05, 0.1) is 6.04 Å². The largest absolute Gasteiger partial charge is 0.344 e. The second-order valence-corrected chi connectivity index (χ2v) is 6.61. The molecular formula is C22H25N3O. The number of benzene rings is 2. The van der Waals surface area contributed by atoms with Gasteiger partial charge in [0, 0.05) is 12.7 Å². The van der Waals surface area contributed by atoms with Gasteiger partial charge in [-0.1, -0.05) is 60.7 Å². The van der Waals surface area contributed by atoms with E-state index in [2.05, 4.69) is 46.8 Å². The molecule has 2 aromatic carbocycles. The van der Waals surface area contributed by atoms with Crippen LogP contribution < -0.4 is 5.32 Å². The Kier molecular flexibility index (Phi) is 5.84. The molecule has 0 saturated heterocycles. The maximum atomic E-state index is 12.6. The summed E-state index contributed by atoms with van der Waals surface area (Å²) >= 11 is 0. The first-order valence-electron chi connectivity index (χ1n) is 9.04. The fraction of sp³-hybridized carbons (Fsp3) is 0.273. The first kappa shape index (κ1) is 17.9. The Morgan fingerprint density at radius 1 is 1.08 bits per heavy atom. The lowest BCUT2D eigenvalue weighted by Gasteiger charge is -2.19. The number of amides is 1. The number of aryl methyl sites for hydroxylation is 3. The summed E-state index contributed by atoms with van der Waals surface area (Å²) in [5.74, 6) is -0.123. The lowest BCUT2D eigenvalue weighted by atomic mass is 9.99. The minimum atomic E-state index is -0.123. The molecule has 0 saturated carbocycles. The van der Waals surface area contributed by atoms with E-state index in [0.717, 1.165) is 30.5 Å². The Hall–Kier alpha value is -2.88. The van der Waals surface area contributed by atoms with Crippen LogP contribution in [0.5, 0.6) is 0 Å². The molecular weight excluding hydrogens is 322 g/mol. The molecule has 0 aliphatic carbocycles. The first-order valence-corrected chi connectivity index (χ1v) is 9.04. The van der Waals surface area contributed by atoms with E-state index in [0.29, 0.717) is 5.69 Å². The van der Waals surface area contributed by atoms with E-state index in [1.54, 1.807) is 4.68 Å². The highest BCUT2D eigenvalue weighted by atomic mass is 16.2. The van der Waals surface area contributed by atoms with Crippen molar-refractivity contribution in [1.82, 2.24) is 15.1 Å². The molecule has 0 fully saturated rings. The third kappa shape index (κ3) is 4.60. The minimum Gasteiger partial charge on any atom is -0.344 e. The topological polar surface area (TPSA) is 46.9 Å². The number of carbonyl (C=O) groups excluding carboxylic acids is 1. The molecule has 0 radical (unpaired) electrons. The fourth-order valence-corrected chi connectivity index (χ4v) is 3.07. The molecule has 0 bridgehead atoms. The van der Waals surface area contributed by atoms with Crippen molar-refractivity contribution in [2.45, 2.75) is 32.2 Å². The average molecular weight is 347 g/mol. The van der Waals surface area contributed by atoms with Gasteiger partial charge in [-0.25, -0.2) is 0 Å². The third-order valence-electron chi connectivity index (χ3n) is 4.65. The van der Waals surface area contributed by atoms with Crippen molar-refractivity contribution in [2.75, 3.05) is 0 Å². The molecule has 0 spiro atoms. The number of nitrogens with one attached hydrogen (secondary N) is 1. The maximum absolute atomic E-state index is 12.6. The maximum Gasteiger partial charge on any atom is 0.272 e. The van der Waals surface area contributed by atoms with E-state index >= 15 is 0 Å². The van der Waals surface area contributed by atoms with Crippen molar-refractivity contribution in [3.05, 3.63) is 89.2 Å². The first-order chi connectivity index (χ1) is 12.6. The normalized spacial score (nSPS) is 11.9. The van der Waals surface area contributed by atoms with E-state index in [9.17, 15) is 4.79 Å². The van der Waals surface area contributed by atoms with E-state index in [-0.39, 0.29) is 11.9 Å². The van der Waals surface area contributed by atoms with Crippen LogP contribution in [0, 0.1) is 6.92 Å². The lowest BCUT2D eigenvalue weighted by molar-refractivity contribution is 0.0928. The summed E-state index contributed by atoms with van der Waals surface area (Å²) in [4.78, 5) is 12.6. The standard InChI is InChI=1S/C22H25N3O/c1-17-16-21(24-25(17)2)22(26)23-20(19-13-7-4-8-14-19)15-9-12-18-10-5-3-6-11-18/h3-8,10-11,13-14,16,20H,9,12,15H2,1-2H3,(H,23,26).